The molecule has 0 radical (unpaired) electrons. The number of ether oxygens (including phenoxy) is 2. The highest BCUT2D eigenvalue weighted by molar-refractivity contribution is 6.32. The van der Waals surface area contributed by atoms with E-state index in [0.717, 1.165) is 11.4 Å². The molecule has 132 valence electrons. The summed E-state index contributed by atoms with van der Waals surface area (Å²) in [5.41, 5.74) is 3.75. The maximum Gasteiger partial charge on any atom is 0.259 e. The van der Waals surface area contributed by atoms with Crippen LogP contribution in [0.2, 0.25) is 5.02 Å². The molecule has 0 saturated carbocycles. The lowest BCUT2D eigenvalue weighted by Gasteiger charge is -2.07. The van der Waals surface area contributed by atoms with E-state index in [4.69, 9.17) is 21.1 Å². The van der Waals surface area contributed by atoms with E-state index in [2.05, 4.69) is 15.8 Å². The summed E-state index contributed by atoms with van der Waals surface area (Å²) in [6.45, 7) is 0.0589. The number of hydrogen-bond donors (Lipinski definition) is 3. The van der Waals surface area contributed by atoms with Gasteiger partial charge in [0.15, 0.2) is 11.5 Å². The smallest absolute Gasteiger partial charge is 0.259 e. The highest BCUT2D eigenvalue weighted by Crippen LogP contribution is 2.34. The number of amides is 1. The predicted molar refractivity (Wildman–Crippen MR) is 96.9 cm³/mol. The third kappa shape index (κ3) is 5.29. The summed E-state index contributed by atoms with van der Waals surface area (Å²) < 4.78 is 10.1. The van der Waals surface area contributed by atoms with E-state index in [1.54, 1.807) is 37.4 Å². The van der Waals surface area contributed by atoms with Gasteiger partial charge in [-0.15, -0.1) is 0 Å². The molecule has 0 spiro atoms. The number of nitrogens with one attached hydrogen (secondary N) is 2. The number of aromatic hydroxyl groups is 1. The molecule has 2 aromatic rings. The maximum atomic E-state index is 11.8. The average Bonchev–Trinajstić information content (AvgIpc) is 2.63. The summed E-state index contributed by atoms with van der Waals surface area (Å²) >= 11 is 5.88. The number of hydrogen-bond acceptors (Lipinski definition) is 6. The Morgan fingerprint density at radius 3 is 2.60 bits per heavy atom. The van der Waals surface area contributed by atoms with E-state index < -0.39 is 0 Å². The molecule has 0 bridgehead atoms. The molecule has 2 rings (SSSR count). The monoisotopic (exact) mass is 363 g/mol. The molecule has 0 atom stereocenters. The zero-order valence-corrected chi connectivity index (χ0v) is 14.5. The van der Waals surface area contributed by atoms with Crippen LogP contribution < -0.4 is 20.2 Å². The van der Waals surface area contributed by atoms with Crippen LogP contribution in [-0.2, 0) is 4.79 Å². The standard InChI is InChI=1S/C17H18ClN3O4/c1-24-13-5-3-12(4-6-13)19-10-16(22)21-20-9-11-7-14(18)17(23)15(8-11)25-2/h3-9,19,23H,10H2,1-2H3,(H,21,22)/b20-9+. The molecule has 3 N–H and O–H groups in total. The summed E-state index contributed by atoms with van der Waals surface area (Å²) in [5, 5.41) is 16.6. The van der Waals surface area contributed by atoms with Crippen LogP contribution in [0.5, 0.6) is 17.2 Å². The normalized spacial score (nSPS) is 10.5. The summed E-state index contributed by atoms with van der Waals surface area (Å²) in [7, 11) is 3.00. The van der Waals surface area contributed by atoms with Gasteiger partial charge in [-0.1, -0.05) is 11.6 Å². The predicted octanol–water partition coefficient (Wildman–Crippen LogP) is 2.63. The van der Waals surface area contributed by atoms with Crippen molar-refractivity contribution in [2.24, 2.45) is 5.10 Å². The maximum absolute atomic E-state index is 11.8. The lowest BCUT2D eigenvalue weighted by atomic mass is 10.2. The molecule has 7 nitrogen and oxygen atoms in total. The Kier molecular flexibility index (Phi) is 6.47. The Labute approximate surface area is 150 Å². The van der Waals surface area contributed by atoms with Crippen LogP contribution in [0, 0.1) is 0 Å². The highest BCUT2D eigenvalue weighted by atomic mass is 35.5. The minimum absolute atomic E-state index is 0.0589. The van der Waals surface area contributed by atoms with Gasteiger partial charge in [-0.3, -0.25) is 4.79 Å². The number of phenolic OH excluding ortho intramolecular Hbond substituents is 1. The minimum Gasteiger partial charge on any atom is -0.503 e. The molecule has 2 aromatic carbocycles. The first-order valence-corrected chi connectivity index (χ1v) is 7.67. The number of rotatable bonds is 7. The van der Waals surface area contributed by atoms with Gasteiger partial charge in [0, 0.05) is 5.69 Å². The number of halogens is 1. The van der Waals surface area contributed by atoms with E-state index in [9.17, 15) is 9.90 Å². The number of nitrogens with zero attached hydrogens (tertiary/aromatic N) is 1. The fraction of sp³-hybridized carbons (Fsp3) is 0.176. The van der Waals surface area contributed by atoms with Crippen LogP contribution in [0.3, 0.4) is 0 Å². The van der Waals surface area contributed by atoms with Crippen LogP contribution >= 0.6 is 11.6 Å². The fourth-order valence-electron chi connectivity index (χ4n) is 1.93. The van der Waals surface area contributed by atoms with Crippen LogP contribution in [0.1, 0.15) is 5.56 Å². The molecule has 0 heterocycles. The second-order valence-corrected chi connectivity index (χ2v) is 5.34. The van der Waals surface area contributed by atoms with Gasteiger partial charge < -0.3 is 19.9 Å². The quantitative estimate of drug-likeness (QED) is 0.519. The van der Waals surface area contributed by atoms with Crippen LogP contribution in [0.15, 0.2) is 41.5 Å². The summed E-state index contributed by atoms with van der Waals surface area (Å²) in [5.74, 6) is 0.502. The third-order valence-electron chi connectivity index (χ3n) is 3.22. The summed E-state index contributed by atoms with van der Waals surface area (Å²) in [6, 6.07) is 10.2. The second-order valence-electron chi connectivity index (χ2n) is 4.93. The Morgan fingerprint density at radius 2 is 1.96 bits per heavy atom. The number of benzene rings is 2. The number of carbonyl (C=O) groups is 1. The van der Waals surface area contributed by atoms with Gasteiger partial charge in [0.1, 0.15) is 5.75 Å². The lowest BCUT2D eigenvalue weighted by Crippen LogP contribution is -2.25. The molecule has 0 aliphatic rings. The first kappa shape index (κ1) is 18.4. The molecule has 0 aromatic heterocycles. The summed E-state index contributed by atoms with van der Waals surface area (Å²) in [6.07, 6.45) is 1.40. The van der Waals surface area contributed by atoms with E-state index in [-0.39, 0.29) is 29.0 Å². The van der Waals surface area contributed by atoms with Crippen molar-refractivity contribution in [2.45, 2.75) is 0 Å². The number of hydrazone groups is 1. The van der Waals surface area contributed by atoms with E-state index in [1.165, 1.54) is 19.4 Å². The Hall–Kier alpha value is -2.93. The lowest BCUT2D eigenvalue weighted by molar-refractivity contribution is -0.119. The van der Waals surface area contributed by atoms with Gasteiger partial charge in [0.05, 0.1) is 32.0 Å². The zero-order valence-electron chi connectivity index (χ0n) is 13.7. The Morgan fingerprint density at radius 1 is 1.24 bits per heavy atom. The van der Waals surface area contributed by atoms with E-state index in [0.29, 0.717) is 5.56 Å². The highest BCUT2D eigenvalue weighted by Gasteiger charge is 2.08. The van der Waals surface area contributed by atoms with Crippen molar-refractivity contribution in [3.05, 3.63) is 47.0 Å². The molecule has 8 heteroatoms. The number of carbonyl (C=O) groups excluding carboxylic acids is 1. The molecule has 0 aliphatic heterocycles. The largest absolute Gasteiger partial charge is 0.503 e. The van der Waals surface area contributed by atoms with Crippen molar-refractivity contribution in [3.8, 4) is 17.2 Å². The number of methoxy groups -OCH3 is 2. The topological polar surface area (TPSA) is 92.2 Å². The van der Waals surface area contributed by atoms with Gasteiger partial charge in [-0.2, -0.15) is 5.10 Å². The molecule has 0 unspecified atom stereocenters. The van der Waals surface area contributed by atoms with Gasteiger partial charge in [-0.25, -0.2) is 5.43 Å². The van der Waals surface area contributed by atoms with Crippen molar-refractivity contribution in [2.75, 3.05) is 26.1 Å². The van der Waals surface area contributed by atoms with E-state index in [1.807, 2.05) is 0 Å². The molecule has 25 heavy (non-hydrogen) atoms. The third-order valence-corrected chi connectivity index (χ3v) is 3.50. The van der Waals surface area contributed by atoms with Crippen molar-refractivity contribution >= 4 is 29.4 Å². The number of phenols is 1. The van der Waals surface area contributed by atoms with Gasteiger partial charge in [0.2, 0.25) is 0 Å². The van der Waals surface area contributed by atoms with Crippen molar-refractivity contribution in [1.82, 2.24) is 5.43 Å². The van der Waals surface area contributed by atoms with Crippen LogP contribution in [-0.4, -0.2) is 38.0 Å². The van der Waals surface area contributed by atoms with Crippen molar-refractivity contribution < 1.29 is 19.4 Å². The van der Waals surface area contributed by atoms with E-state index >= 15 is 0 Å². The first-order valence-electron chi connectivity index (χ1n) is 7.30. The molecular formula is C17H18ClN3O4. The Bertz CT molecular complexity index is 763. The van der Waals surface area contributed by atoms with Crippen molar-refractivity contribution in [3.63, 3.8) is 0 Å². The van der Waals surface area contributed by atoms with Gasteiger partial charge in [-0.05, 0) is 42.0 Å². The molecule has 1 amide bonds. The number of anilines is 1. The first-order chi connectivity index (χ1) is 12.0. The molecule has 0 aliphatic carbocycles. The minimum atomic E-state index is -0.316. The SMILES string of the molecule is COc1ccc(NCC(=O)N/N=C/c2cc(Cl)c(O)c(OC)c2)cc1. The van der Waals surface area contributed by atoms with Crippen molar-refractivity contribution in [1.29, 1.82) is 0 Å². The van der Waals surface area contributed by atoms with Crippen LogP contribution in [0.25, 0.3) is 0 Å². The molecule has 0 saturated heterocycles. The molecular weight excluding hydrogens is 346 g/mol. The zero-order chi connectivity index (χ0) is 18.2. The second kappa shape index (κ2) is 8.79. The average molecular weight is 364 g/mol. The van der Waals surface area contributed by atoms with Crippen LogP contribution in [0.4, 0.5) is 5.69 Å². The van der Waals surface area contributed by atoms with Gasteiger partial charge in [0.25, 0.3) is 5.91 Å². The fourth-order valence-corrected chi connectivity index (χ4v) is 2.15. The van der Waals surface area contributed by atoms with Gasteiger partial charge >= 0.3 is 0 Å². The Balaban J connectivity index is 1.86. The molecule has 0 fully saturated rings. The summed E-state index contributed by atoms with van der Waals surface area (Å²) in [4.78, 5) is 11.8.